The summed E-state index contributed by atoms with van der Waals surface area (Å²) in [6, 6.07) is 17.4. The third-order valence-corrected chi connectivity index (χ3v) is 4.79. The molecule has 3 aromatic rings. The number of aromatic nitrogens is 1. The van der Waals surface area contributed by atoms with E-state index in [1.807, 2.05) is 60.8 Å². The molecule has 0 unspecified atom stereocenters. The second-order valence-corrected chi connectivity index (χ2v) is 6.78. The number of amides is 2. The quantitative estimate of drug-likeness (QED) is 0.653. The van der Waals surface area contributed by atoms with Gasteiger partial charge >= 0.3 is 6.03 Å². The molecule has 0 aliphatic carbocycles. The maximum Gasteiger partial charge on any atom is 0.325 e. The highest BCUT2D eigenvalue weighted by atomic mass is 32.1. The molecule has 122 valence electrons. The van der Waals surface area contributed by atoms with Crippen molar-refractivity contribution in [2.45, 2.75) is 19.8 Å². The molecule has 0 radical (unpaired) electrons. The minimum absolute atomic E-state index is 0.289. The molecule has 0 bridgehead atoms. The van der Waals surface area contributed by atoms with Crippen LogP contribution in [-0.2, 0) is 0 Å². The van der Waals surface area contributed by atoms with E-state index in [9.17, 15) is 4.79 Å². The van der Waals surface area contributed by atoms with Crippen LogP contribution in [0.1, 0.15) is 24.6 Å². The Morgan fingerprint density at radius 3 is 2.42 bits per heavy atom. The van der Waals surface area contributed by atoms with E-state index < -0.39 is 0 Å². The van der Waals surface area contributed by atoms with Gasteiger partial charge in [0.15, 0.2) is 5.13 Å². The molecule has 4 nitrogen and oxygen atoms in total. The van der Waals surface area contributed by atoms with Crippen molar-refractivity contribution < 1.29 is 4.79 Å². The maximum absolute atomic E-state index is 12.3. The number of thiazole rings is 1. The Morgan fingerprint density at radius 2 is 1.71 bits per heavy atom. The van der Waals surface area contributed by atoms with Crippen LogP contribution < -0.4 is 10.6 Å². The molecule has 24 heavy (non-hydrogen) atoms. The van der Waals surface area contributed by atoms with Crippen LogP contribution in [0.5, 0.6) is 0 Å². The largest absolute Gasteiger partial charge is 0.325 e. The van der Waals surface area contributed by atoms with Crippen LogP contribution in [0.3, 0.4) is 0 Å². The number of urea groups is 1. The fourth-order valence-corrected chi connectivity index (χ4v) is 3.14. The van der Waals surface area contributed by atoms with Gasteiger partial charge in [0.2, 0.25) is 0 Å². The lowest BCUT2D eigenvalue weighted by molar-refractivity contribution is 0.262. The van der Waals surface area contributed by atoms with Crippen molar-refractivity contribution in [2.75, 3.05) is 10.6 Å². The van der Waals surface area contributed by atoms with E-state index in [0.717, 1.165) is 21.7 Å². The number of anilines is 2. The van der Waals surface area contributed by atoms with E-state index >= 15 is 0 Å². The summed E-state index contributed by atoms with van der Waals surface area (Å²) in [4.78, 5) is 17.7. The van der Waals surface area contributed by atoms with Gasteiger partial charge in [0.1, 0.15) is 0 Å². The van der Waals surface area contributed by atoms with Crippen molar-refractivity contribution in [3.05, 3.63) is 65.7 Å². The topological polar surface area (TPSA) is 54.0 Å². The Morgan fingerprint density at radius 1 is 1.00 bits per heavy atom. The fourth-order valence-electron chi connectivity index (χ4n) is 2.32. The summed E-state index contributed by atoms with van der Waals surface area (Å²) in [5, 5.41) is 6.32. The van der Waals surface area contributed by atoms with E-state index in [1.54, 1.807) is 0 Å². The van der Waals surface area contributed by atoms with Gasteiger partial charge in [-0.2, -0.15) is 0 Å². The highest BCUT2D eigenvalue weighted by Crippen LogP contribution is 2.28. The first-order chi connectivity index (χ1) is 11.6. The predicted octanol–water partition coefficient (Wildman–Crippen LogP) is 5.58. The summed E-state index contributed by atoms with van der Waals surface area (Å²) in [6.07, 6.45) is 1.81. The number of nitrogens with zero attached hydrogens (tertiary/aromatic N) is 1. The molecule has 0 atom stereocenters. The van der Waals surface area contributed by atoms with Gasteiger partial charge in [0, 0.05) is 16.6 Å². The first kappa shape index (κ1) is 16.2. The van der Waals surface area contributed by atoms with Gasteiger partial charge in [0.25, 0.3) is 0 Å². The minimum atomic E-state index is -0.289. The average Bonchev–Trinajstić information content (AvgIpc) is 3.05. The highest BCUT2D eigenvalue weighted by Gasteiger charge is 2.11. The summed E-state index contributed by atoms with van der Waals surface area (Å²) >= 11 is 1.50. The molecule has 2 amide bonds. The predicted molar refractivity (Wildman–Crippen MR) is 101 cm³/mol. The molecule has 2 N–H and O–H groups in total. The molecule has 2 aromatic carbocycles. The molecule has 3 rings (SSSR count). The number of hydrogen-bond acceptors (Lipinski definition) is 3. The molecule has 0 aliphatic rings. The fraction of sp³-hybridized carbons (Fsp3) is 0.158. The van der Waals surface area contributed by atoms with Crippen LogP contribution >= 0.6 is 11.3 Å². The number of carbonyl (C=O) groups is 1. The first-order valence-corrected chi connectivity index (χ1v) is 8.63. The molecular formula is C19H19N3OS. The van der Waals surface area contributed by atoms with Crippen molar-refractivity contribution in [1.29, 1.82) is 0 Å². The first-order valence-electron chi connectivity index (χ1n) is 7.81. The summed E-state index contributed by atoms with van der Waals surface area (Å²) in [5.74, 6) is 0.403. The molecule has 0 saturated carbocycles. The van der Waals surface area contributed by atoms with Gasteiger partial charge in [0.05, 0.1) is 5.69 Å². The zero-order valence-corrected chi connectivity index (χ0v) is 14.4. The Kier molecular flexibility index (Phi) is 4.91. The summed E-state index contributed by atoms with van der Waals surface area (Å²) < 4.78 is 0. The van der Waals surface area contributed by atoms with Crippen molar-refractivity contribution >= 4 is 28.2 Å². The molecule has 5 heteroatoms. The Labute approximate surface area is 145 Å². The van der Waals surface area contributed by atoms with Gasteiger partial charge in [-0.15, -0.1) is 11.3 Å². The average molecular weight is 337 g/mol. The van der Waals surface area contributed by atoms with Crippen LogP contribution in [0, 0.1) is 0 Å². The minimum Gasteiger partial charge on any atom is -0.307 e. The smallest absolute Gasteiger partial charge is 0.307 e. The molecule has 0 fully saturated rings. The van der Waals surface area contributed by atoms with E-state index in [1.165, 1.54) is 11.3 Å². The van der Waals surface area contributed by atoms with Crippen LogP contribution in [0.4, 0.5) is 15.6 Å². The maximum atomic E-state index is 12.3. The van der Waals surface area contributed by atoms with Crippen LogP contribution in [0.25, 0.3) is 11.1 Å². The van der Waals surface area contributed by atoms with E-state index in [2.05, 4.69) is 29.5 Å². The van der Waals surface area contributed by atoms with E-state index in [4.69, 9.17) is 0 Å². The van der Waals surface area contributed by atoms with E-state index in [0.29, 0.717) is 11.0 Å². The van der Waals surface area contributed by atoms with Crippen molar-refractivity contribution in [2.24, 2.45) is 0 Å². The number of benzene rings is 2. The molecular weight excluding hydrogens is 318 g/mol. The summed E-state index contributed by atoms with van der Waals surface area (Å²) in [5.41, 5.74) is 2.81. The molecule has 0 aliphatic heterocycles. The van der Waals surface area contributed by atoms with Crippen LogP contribution in [-0.4, -0.2) is 11.0 Å². The van der Waals surface area contributed by atoms with Crippen LogP contribution in [0.15, 0.2) is 60.8 Å². The number of rotatable bonds is 4. The zero-order valence-electron chi connectivity index (χ0n) is 13.6. The van der Waals surface area contributed by atoms with Crippen molar-refractivity contribution in [3.63, 3.8) is 0 Å². The molecule has 0 spiro atoms. The molecule has 1 heterocycles. The van der Waals surface area contributed by atoms with Gasteiger partial charge in [-0.1, -0.05) is 62.4 Å². The number of carbonyl (C=O) groups excluding carboxylic acids is 1. The van der Waals surface area contributed by atoms with Gasteiger partial charge in [-0.3, -0.25) is 5.32 Å². The number of hydrogen-bond donors (Lipinski definition) is 2. The zero-order chi connectivity index (χ0) is 16.9. The SMILES string of the molecule is CC(C)c1cnc(NC(=O)Nc2ccccc2-c2ccccc2)s1. The van der Waals surface area contributed by atoms with Gasteiger partial charge in [-0.05, 0) is 17.5 Å². The normalized spacial score (nSPS) is 10.6. The van der Waals surface area contributed by atoms with Gasteiger partial charge < -0.3 is 5.32 Å². The monoisotopic (exact) mass is 337 g/mol. The van der Waals surface area contributed by atoms with Crippen LogP contribution in [0.2, 0.25) is 0 Å². The third kappa shape index (κ3) is 3.81. The lowest BCUT2D eigenvalue weighted by Gasteiger charge is -2.11. The Balaban J connectivity index is 1.75. The summed E-state index contributed by atoms with van der Waals surface area (Å²) in [6.45, 7) is 4.21. The lowest BCUT2D eigenvalue weighted by Crippen LogP contribution is -2.19. The number of para-hydroxylation sites is 1. The Bertz CT molecular complexity index is 827. The third-order valence-electron chi connectivity index (χ3n) is 3.57. The van der Waals surface area contributed by atoms with Gasteiger partial charge in [-0.25, -0.2) is 9.78 Å². The summed E-state index contributed by atoms with van der Waals surface area (Å²) in [7, 11) is 0. The molecule has 1 aromatic heterocycles. The number of nitrogens with one attached hydrogen (secondary N) is 2. The second kappa shape index (κ2) is 7.27. The van der Waals surface area contributed by atoms with Crippen molar-refractivity contribution in [1.82, 2.24) is 4.98 Å². The lowest BCUT2D eigenvalue weighted by atomic mass is 10.0. The molecule has 0 saturated heterocycles. The highest BCUT2D eigenvalue weighted by molar-refractivity contribution is 7.15. The second-order valence-electron chi connectivity index (χ2n) is 5.71. The van der Waals surface area contributed by atoms with Crippen molar-refractivity contribution in [3.8, 4) is 11.1 Å². The standard InChI is InChI=1S/C19H19N3OS/c1-13(2)17-12-20-19(24-17)22-18(23)21-16-11-7-6-10-15(16)14-8-4-3-5-9-14/h3-13H,1-2H3,(H2,20,21,22,23). The Hall–Kier alpha value is -2.66. The van der Waals surface area contributed by atoms with E-state index in [-0.39, 0.29) is 6.03 Å².